The maximum Gasteiger partial charge on any atom is 0.341 e. The number of aryl methyl sites for hydroxylation is 1. The third kappa shape index (κ3) is 2.53. The third-order valence-corrected chi connectivity index (χ3v) is 2.54. The van der Waals surface area contributed by atoms with E-state index in [-0.39, 0.29) is 5.97 Å². The molecule has 1 aromatic carbocycles. The van der Waals surface area contributed by atoms with Gasteiger partial charge in [0.1, 0.15) is 5.56 Å². The van der Waals surface area contributed by atoms with Crippen LogP contribution in [0, 0.1) is 6.92 Å². The summed E-state index contributed by atoms with van der Waals surface area (Å²) in [5.41, 5.74) is 2.35. The molecule has 0 radical (unpaired) electrons. The van der Waals surface area contributed by atoms with Crippen molar-refractivity contribution >= 4 is 5.97 Å². The molecule has 0 unspecified atom stereocenters. The summed E-state index contributed by atoms with van der Waals surface area (Å²) in [5, 5.41) is 4.29. The number of esters is 1. The molecule has 88 valence electrons. The van der Waals surface area contributed by atoms with Gasteiger partial charge in [-0.3, -0.25) is 4.68 Å². The maximum absolute atomic E-state index is 11.4. The number of benzene rings is 1. The Hall–Kier alpha value is -2.10. The number of nitrogens with zero attached hydrogens (tertiary/aromatic N) is 2. The van der Waals surface area contributed by atoms with Gasteiger partial charge in [0.25, 0.3) is 0 Å². The second-order valence-corrected chi connectivity index (χ2v) is 3.80. The summed E-state index contributed by atoms with van der Waals surface area (Å²) in [6.45, 7) is 2.45. The van der Waals surface area contributed by atoms with Crippen molar-refractivity contribution in [2.45, 2.75) is 13.5 Å². The highest BCUT2D eigenvalue weighted by atomic mass is 16.5. The van der Waals surface area contributed by atoms with Crippen LogP contribution >= 0.6 is 0 Å². The van der Waals surface area contributed by atoms with Crippen molar-refractivity contribution < 1.29 is 9.53 Å². The summed E-state index contributed by atoms with van der Waals surface area (Å²) in [4.78, 5) is 11.4. The molecule has 0 aliphatic rings. The molecule has 0 amide bonds. The van der Waals surface area contributed by atoms with Crippen LogP contribution in [0.4, 0.5) is 0 Å². The molecule has 0 saturated heterocycles. The molecule has 0 bridgehead atoms. The second-order valence-electron chi connectivity index (χ2n) is 3.80. The summed E-state index contributed by atoms with van der Waals surface area (Å²) in [6, 6.07) is 9.97. The molecule has 0 fully saturated rings. The molecular weight excluding hydrogens is 216 g/mol. The molecule has 2 aromatic rings. The van der Waals surface area contributed by atoms with Gasteiger partial charge in [0.15, 0.2) is 0 Å². The molecule has 1 heterocycles. The Labute approximate surface area is 99.8 Å². The number of methoxy groups -OCH3 is 1. The first-order chi connectivity index (χ1) is 8.20. The Kier molecular flexibility index (Phi) is 3.23. The molecule has 4 nitrogen and oxygen atoms in total. The van der Waals surface area contributed by atoms with Gasteiger partial charge in [-0.25, -0.2) is 4.79 Å². The van der Waals surface area contributed by atoms with Crippen molar-refractivity contribution in [2.75, 3.05) is 7.11 Å². The molecule has 0 atom stereocenters. The van der Waals surface area contributed by atoms with Gasteiger partial charge in [-0.1, -0.05) is 30.3 Å². The highest BCUT2D eigenvalue weighted by Crippen LogP contribution is 2.09. The van der Waals surface area contributed by atoms with E-state index in [1.807, 2.05) is 30.3 Å². The first-order valence-corrected chi connectivity index (χ1v) is 5.37. The number of rotatable bonds is 3. The van der Waals surface area contributed by atoms with Crippen molar-refractivity contribution in [3.8, 4) is 0 Å². The number of carbonyl (C=O) groups is 1. The molecule has 2 rings (SSSR count). The van der Waals surface area contributed by atoms with Crippen LogP contribution in [0.3, 0.4) is 0 Å². The van der Waals surface area contributed by atoms with E-state index in [1.54, 1.807) is 17.8 Å². The summed E-state index contributed by atoms with van der Waals surface area (Å²) < 4.78 is 6.44. The monoisotopic (exact) mass is 230 g/mol. The fraction of sp³-hybridized carbons (Fsp3) is 0.231. The van der Waals surface area contributed by atoms with Crippen LogP contribution in [0.1, 0.15) is 21.6 Å². The van der Waals surface area contributed by atoms with Crippen molar-refractivity contribution in [3.63, 3.8) is 0 Å². The number of hydrogen-bond donors (Lipinski definition) is 0. The average Bonchev–Trinajstić information content (AvgIpc) is 2.70. The van der Waals surface area contributed by atoms with Crippen LogP contribution in [0.5, 0.6) is 0 Å². The van der Waals surface area contributed by atoms with Gasteiger partial charge in [0, 0.05) is 6.20 Å². The largest absolute Gasteiger partial charge is 0.465 e. The molecule has 0 saturated carbocycles. The van der Waals surface area contributed by atoms with Crippen LogP contribution in [-0.4, -0.2) is 22.9 Å². The number of hydrogen-bond acceptors (Lipinski definition) is 3. The van der Waals surface area contributed by atoms with Gasteiger partial charge < -0.3 is 4.74 Å². The second kappa shape index (κ2) is 4.82. The van der Waals surface area contributed by atoms with E-state index >= 15 is 0 Å². The zero-order valence-electron chi connectivity index (χ0n) is 9.88. The Morgan fingerprint density at radius 3 is 2.71 bits per heavy atom. The van der Waals surface area contributed by atoms with Crippen LogP contribution in [0.2, 0.25) is 0 Å². The topological polar surface area (TPSA) is 44.1 Å². The molecule has 0 spiro atoms. The Morgan fingerprint density at radius 2 is 2.06 bits per heavy atom. The van der Waals surface area contributed by atoms with Gasteiger partial charge in [-0.2, -0.15) is 5.10 Å². The highest BCUT2D eigenvalue weighted by Gasteiger charge is 2.13. The summed E-state index contributed by atoms with van der Waals surface area (Å²) in [5.74, 6) is -0.346. The van der Waals surface area contributed by atoms with Gasteiger partial charge in [0.05, 0.1) is 19.3 Å². The van der Waals surface area contributed by atoms with E-state index in [0.717, 1.165) is 5.56 Å². The molecule has 0 aliphatic heterocycles. The van der Waals surface area contributed by atoms with Crippen LogP contribution in [0.15, 0.2) is 36.5 Å². The minimum absolute atomic E-state index is 0.346. The Morgan fingerprint density at radius 1 is 1.35 bits per heavy atom. The lowest BCUT2D eigenvalue weighted by molar-refractivity contribution is 0.0600. The van der Waals surface area contributed by atoms with Crippen molar-refractivity contribution in [3.05, 3.63) is 53.3 Å². The van der Waals surface area contributed by atoms with Crippen LogP contribution in [-0.2, 0) is 11.3 Å². The minimum atomic E-state index is -0.346. The molecule has 1 aromatic heterocycles. The van der Waals surface area contributed by atoms with E-state index in [9.17, 15) is 4.79 Å². The van der Waals surface area contributed by atoms with Gasteiger partial charge in [-0.15, -0.1) is 0 Å². The zero-order valence-corrected chi connectivity index (χ0v) is 9.88. The zero-order chi connectivity index (χ0) is 12.3. The van der Waals surface area contributed by atoms with E-state index in [4.69, 9.17) is 0 Å². The molecule has 17 heavy (non-hydrogen) atoms. The lowest BCUT2D eigenvalue weighted by atomic mass is 10.2. The van der Waals surface area contributed by atoms with E-state index < -0.39 is 0 Å². The lowest BCUT2D eigenvalue weighted by Gasteiger charge is -2.00. The van der Waals surface area contributed by atoms with Gasteiger partial charge in [-0.05, 0) is 12.5 Å². The molecule has 0 N–H and O–H groups in total. The lowest BCUT2D eigenvalue weighted by Crippen LogP contribution is -2.01. The molecule has 4 heteroatoms. The quantitative estimate of drug-likeness (QED) is 0.758. The molecule has 0 aliphatic carbocycles. The van der Waals surface area contributed by atoms with Crippen LogP contribution in [0.25, 0.3) is 0 Å². The van der Waals surface area contributed by atoms with E-state index in [2.05, 4.69) is 9.84 Å². The average molecular weight is 230 g/mol. The summed E-state index contributed by atoms with van der Waals surface area (Å²) in [6.07, 6.45) is 1.72. The Balaban J connectivity index is 2.21. The summed E-state index contributed by atoms with van der Waals surface area (Å²) >= 11 is 0. The maximum atomic E-state index is 11.4. The first kappa shape index (κ1) is 11.4. The fourth-order valence-electron chi connectivity index (χ4n) is 1.68. The summed E-state index contributed by atoms with van der Waals surface area (Å²) in [7, 11) is 1.37. The smallest absolute Gasteiger partial charge is 0.341 e. The first-order valence-electron chi connectivity index (χ1n) is 5.37. The van der Waals surface area contributed by atoms with Crippen molar-refractivity contribution in [2.24, 2.45) is 0 Å². The van der Waals surface area contributed by atoms with Crippen molar-refractivity contribution in [1.82, 2.24) is 9.78 Å². The number of carbonyl (C=O) groups excluding carboxylic acids is 1. The normalized spacial score (nSPS) is 10.2. The number of aromatic nitrogens is 2. The number of ether oxygens (including phenoxy) is 1. The standard InChI is InChI=1S/C13H14N2O2/c1-10-12(13(16)17-2)9-15(14-10)8-11-6-4-3-5-7-11/h3-7,9H,8H2,1-2H3. The highest BCUT2D eigenvalue weighted by molar-refractivity contribution is 5.90. The van der Waals surface area contributed by atoms with Crippen molar-refractivity contribution in [1.29, 1.82) is 0 Å². The van der Waals surface area contributed by atoms with Gasteiger partial charge >= 0.3 is 5.97 Å². The predicted octanol–water partition coefficient (Wildman–Crippen LogP) is 2.03. The third-order valence-electron chi connectivity index (χ3n) is 2.54. The predicted molar refractivity (Wildman–Crippen MR) is 63.8 cm³/mol. The molecular formula is C13H14N2O2. The SMILES string of the molecule is COC(=O)c1cn(Cc2ccccc2)nc1C. The van der Waals surface area contributed by atoms with E-state index in [1.165, 1.54) is 7.11 Å². The fourth-order valence-corrected chi connectivity index (χ4v) is 1.68. The Bertz CT molecular complexity index is 517. The van der Waals surface area contributed by atoms with E-state index in [0.29, 0.717) is 17.8 Å². The van der Waals surface area contributed by atoms with Gasteiger partial charge in [0.2, 0.25) is 0 Å². The van der Waals surface area contributed by atoms with Crippen LogP contribution < -0.4 is 0 Å². The minimum Gasteiger partial charge on any atom is -0.465 e.